The van der Waals surface area contributed by atoms with Gasteiger partial charge in [-0.25, -0.2) is 4.98 Å². The minimum absolute atomic E-state index is 0.518. The molecule has 1 saturated heterocycles. The number of oxazole rings is 1. The van der Waals surface area contributed by atoms with Crippen LogP contribution in [0.5, 0.6) is 0 Å². The number of hydrogen-bond acceptors (Lipinski definition) is 4. The van der Waals surface area contributed by atoms with Crippen LogP contribution in [-0.4, -0.2) is 36.0 Å². The average Bonchev–Trinajstić information content (AvgIpc) is 3.01. The second-order valence-electron chi connectivity index (χ2n) is 7.13. The Morgan fingerprint density at radius 1 is 1.07 bits per heavy atom. The highest BCUT2D eigenvalue weighted by atomic mass is 16.4. The van der Waals surface area contributed by atoms with Gasteiger partial charge in [-0.3, -0.25) is 9.89 Å². The van der Waals surface area contributed by atoms with Gasteiger partial charge in [0.05, 0.1) is 12.2 Å². The molecule has 146 valence electrons. The Balaban J connectivity index is 1.54. The van der Waals surface area contributed by atoms with Crippen LogP contribution < -0.4 is 10.6 Å². The molecule has 0 spiro atoms. The number of aromatic nitrogens is 1. The summed E-state index contributed by atoms with van der Waals surface area (Å²) in [6.45, 7) is 8.59. The van der Waals surface area contributed by atoms with E-state index in [1.165, 1.54) is 43.5 Å². The van der Waals surface area contributed by atoms with Gasteiger partial charge < -0.3 is 15.1 Å². The normalized spacial score (nSPS) is 15.7. The first-order chi connectivity index (χ1) is 13.2. The highest BCUT2D eigenvalue weighted by Crippen LogP contribution is 2.16. The van der Waals surface area contributed by atoms with Crippen LogP contribution in [0.2, 0.25) is 0 Å². The number of rotatable bonds is 6. The number of benzene rings is 1. The number of nitrogens with zero attached hydrogens (tertiary/aromatic N) is 3. The Kier molecular flexibility index (Phi) is 6.87. The predicted octanol–water partition coefficient (Wildman–Crippen LogP) is 3.14. The Hall–Kier alpha value is -2.34. The van der Waals surface area contributed by atoms with Crippen molar-refractivity contribution in [1.29, 1.82) is 0 Å². The van der Waals surface area contributed by atoms with Crippen LogP contribution >= 0.6 is 0 Å². The summed E-state index contributed by atoms with van der Waals surface area (Å²) in [5.41, 5.74) is 3.64. The van der Waals surface area contributed by atoms with Crippen molar-refractivity contribution in [2.24, 2.45) is 4.99 Å². The number of likely N-dealkylation sites (tertiary alicyclic amines) is 1. The van der Waals surface area contributed by atoms with Crippen LogP contribution in [0, 0.1) is 13.8 Å². The lowest BCUT2D eigenvalue weighted by atomic mass is 10.0. The summed E-state index contributed by atoms with van der Waals surface area (Å²) in [4.78, 5) is 11.3. The summed E-state index contributed by atoms with van der Waals surface area (Å²) >= 11 is 0. The SMILES string of the molecule is CN=C(NCc1nc(C)c(C)o1)NCc1ccccc1CN1CCCCC1. The van der Waals surface area contributed by atoms with Gasteiger partial charge in [-0.15, -0.1) is 0 Å². The molecule has 0 aliphatic carbocycles. The van der Waals surface area contributed by atoms with Gasteiger partial charge in [-0.05, 0) is 50.9 Å². The van der Waals surface area contributed by atoms with Crippen molar-refractivity contribution in [2.75, 3.05) is 20.1 Å². The maximum absolute atomic E-state index is 5.61. The molecule has 1 aliphatic heterocycles. The Morgan fingerprint density at radius 3 is 2.44 bits per heavy atom. The van der Waals surface area contributed by atoms with Crippen LogP contribution in [0.25, 0.3) is 0 Å². The second-order valence-corrected chi connectivity index (χ2v) is 7.13. The monoisotopic (exact) mass is 369 g/mol. The van der Waals surface area contributed by atoms with Gasteiger partial charge in [0.1, 0.15) is 5.76 Å². The van der Waals surface area contributed by atoms with Gasteiger partial charge in [0.2, 0.25) is 5.89 Å². The lowest BCUT2D eigenvalue weighted by molar-refractivity contribution is 0.220. The van der Waals surface area contributed by atoms with Crippen molar-refractivity contribution >= 4 is 5.96 Å². The first kappa shape index (κ1) is 19.4. The van der Waals surface area contributed by atoms with Crippen molar-refractivity contribution in [3.63, 3.8) is 0 Å². The number of aryl methyl sites for hydroxylation is 2. The number of guanidine groups is 1. The summed E-state index contributed by atoms with van der Waals surface area (Å²) in [5, 5.41) is 6.68. The molecule has 2 N–H and O–H groups in total. The smallest absolute Gasteiger partial charge is 0.214 e. The van der Waals surface area contributed by atoms with E-state index in [1.54, 1.807) is 7.05 Å². The molecule has 6 heteroatoms. The van der Waals surface area contributed by atoms with Gasteiger partial charge in [0, 0.05) is 20.1 Å². The van der Waals surface area contributed by atoms with Crippen LogP contribution in [0.3, 0.4) is 0 Å². The van der Waals surface area contributed by atoms with Gasteiger partial charge in [0.25, 0.3) is 0 Å². The van der Waals surface area contributed by atoms with Gasteiger partial charge in [-0.2, -0.15) is 0 Å². The highest BCUT2D eigenvalue weighted by molar-refractivity contribution is 5.79. The molecule has 0 unspecified atom stereocenters. The average molecular weight is 370 g/mol. The molecule has 2 heterocycles. The summed E-state index contributed by atoms with van der Waals surface area (Å²) in [6, 6.07) is 8.66. The Morgan fingerprint density at radius 2 is 1.78 bits per heavy atom. The van der Waals surface area contributed by atoms with E-state index in [-0.39, 0.29) is 0 Å². The van der Waals surface area contributed by atoms with Crippen molar-refractivity contribution in [2.45, 2.75) is 52.7 Å². The van der Waals surface area contributed by atoms with E-state index in [2.05, 4.69) is 49.8 Å². The number of nitrogens with one attached hydrogen (secondary N) is 2. The van der Waals surface area contributed by atoms with Crippen molar-refractivity contribution in [3.8, 4) is 0 Å². The molecule has 1 aliphatic rings. The van der Waals surface area contributed by atoms with Crippen LogP contribution in [0.1, 0.15) is 47.7 Å². The number of piperidine rings is 1. The largest absolute Gasteiger partial charge is 0.444 e. The maximum Gasteiger partial charge on any atom is 0.214 e. The third-order valence-corrected chi connectivity index (χ3v) is 5.11. The zero-order chi connectivity index (χ0) is 19.1. The van der Waals surface area contributed by atoms with Crippen LogP contribution in [-0.2, 0) is 19.6 Å². The Bertz CT molecular complexity index is 742. The van der Waals surface area contributed by atoms with Gasteiger partial charge in [-0.1, -0.05) is 30.7 Å². The van der Waals surface area contributed by atoms with E-state index < -0.39 is 0 Å². The van der Waals surface area contributed by atoms with Gasteiger partial charge in [0.15, 0.2) is 5.96 Å². The van der Waals surface area contributed by atoms with Crippen molar-refractivity contribution < 1.29 is 4.42 Å². The summed E-state index contributed by atoms with van der Waals surface area (Å²) in [5.74, 6) is 2.29. The topological polar surface area (TPSA) is 65.7 Å². The molecule has 2 aromatic rings. The number of hydrogen-bond donors (Lipinski definition) is 2. The van der Waals surface area contributed by atoms with Crippen LogP contribution in [0.4, 0.5) is 0 Å². The highest BCUT2D eigenvalue weighted by Gasteiger charge is 2.13. The summed E-state index contributed by atoms with van der Waals surface area (Å²) in [7, 11) is 1.78. The fourth-order valence-electron chi connectivity index (χ4n) is 3.42. The minimum Gasteiger partial charge on any atom is -0.444 e. The molecule has 3 rings (SSSR count). The fraction of sp³-hybridized carbons (Fsp3) is 0.524. The summed E-state index contributed by atoms with van der Waals surface area (Å²) in [6.07, 6.45) is 4.00. The molecule has 0 saturated carbocycles. The van der Waals surface area contributed by atoms with Crippen molar-refractivity contribution in [3.05, 3.63) is 52.7 Å². The zero-order valence-electron chi connectivity index (χ0n) is 16.7. The van der Waals surface area contributed by atoms with E-state index in [9.17, 15) is 0 Å². The number of aliphatic imine (C=N–C) groups is 1. The molecule has 0 bridgehead atoms. The van der Waals surface area contributed by atoms with Crippen molar-refractivity contribution in [1.82, 2.24) is 20.5 Å². The first-order valence-corrected chi connectivity index (χ1v) is 9.82. The van der Waals surface area contributed by atoms with E-state index in [4.69, 9.17) is 4.42 Å². The Labute approximate surface area is 162 Å². The molecular formula is C21H31N5O. The maximum atomic E-state index is 5.61. The predicted molar refractivity (Wildman–Crippen MR) is 109 cm³/mol. The molecular weight excluding hydrogens is 338 g/mol. The molecule has 1 aromatic heterocycles. The van der Waals surface area contributed by atoms with E-state index in [0.717, 1.165) is 30.5 Å². The summed E-state index contributed by atoms with van der Waals surface area (Å²) < 4.78 is 5.61. The lowest BCUT2D eigenvalue weighted by Crippen LogP contribution is -2.37. The third kappa shape index (κ3) is 5.57. The van der Waals surface area contributed by atoms with E-state index in [0.29, 0.717) is 12.4 Å². The zero-order valence-corrected chi connectivity index (χ0v) is 16.7. The van der Waals surface area contributed by atoms with Crippen LogP contribution in [0.15, 0.2) is 33.7 Å². The molecule has 0 atom stereocenters. The minimum atomic E-state index is 0.518. The first-order valence-electron chi connectivity index (χ1n) is 9.82. The van der Waals surface area contributed by atoms with E-state index in [1.807, 2.05) is 13.8 Å². The fourth-order valence-corrected chi connectivity index (χ4v) is 3.42. The molecule has 0 amide bonds. The van der Waals surface area contributed by atoms with E-state index >= 15 is 0 Å². The molecule has 27 heavy (non-hydrogen) atoms. The van der Waals surface area contributed by atoms with Gasteiger partial charge >= 0.3 is 0 Å². The molecule has 1 aromatic carbocycles. The second kappa shape index (κ2) is 9.55. The molecule has 6 nitrogen and oxygen atoms in total. The standard InChI is InChI=1S/C21H31N5O/c1-16-17(2)27-20(25-16)14-24-21(22-3)23-13-18-9-5-6-10-19(18)15-26-11-7-4-8-12-26/h5-6,9-10H,4,7-8,11-15H2,1-3H3,(H2,22,23,24). The molecule has 1 fully saturated rings. The third-order valence-electron chi connectivity index (χ3n) is 5.11. The quantitative estimate of drug-likeness (QED) is 0.605. The lowest BCUT2D eigenvalue weighted by Gasteiger charge is -2.27. The molecule has 0 radical (unpaired) electrons.